The Hall–Kier alpha value is -2.90. The van der Waals surface area contributed by atoms with Crippen molar-refractivity contribution in [3.63, 3.8) is 0 Å². The van der Waals surface area contributed by atoms with Gasteiger partial charge in [-0.2, -0.15) is 0 Å². The van der Waals surface area contributed by atoms with Crippen LogP contribution in [0.25, 0.3) is 0 Å². The lowest BCUT2D eigenvalue weighted by molar-refractivity contribution is -0.156. The van der Waals surface area contributed by atoms with E-state index < -0.39 is 17.8 Å². The Morgan fingerprint density at radius 2 is 1.86 bits per heavy atom. The fourth-order valence-electron chi connectivity index (χ4n) is 3.21. The zero-order chi connectivity index (χ0) is 20.7. The summed E-state index contributed by atoms with van der Waals surface area (Å²) in [7, 11) is 2.95. The highest BCUT2D eigenvalue weighted by Gasteiger charge is 2.37. The van der Waals surface area contributed by atoms with Gasteiger partial charge in [0.05, 0.1) is 26.4 Å². The largest absolute Gasteiger partial charge is 0.497 e. The van der Waals surface area contributed by atoms with Gasteiger partial charge in [-0.1, -0.05) is 0 Å². The first kappa shape index (κ1) is 21.4. The van der Waals surface area contributed by atoms with Gasteiger partial charge in [0.2, 0.25) is 5.91 Å². The minimum absolute atomic E-state index is 0.0425. The van der Waals surface area contributed by atoms with Crippen LogP contribution in [0.4, 0.5) is 0 Å². The summed E-state index contributed by atoms with van der Waals surface area (Å²) in [5.74, 6) is -1.34. The van der Waals surface area contributed by atoms with E-state index in [-0.39, 0.29) is 31.1 Å². The summed E-state index contributed by atoms with van der Waals surface area (Å²) in [4.78, 5) is 50.4. The minimum atomic E-state index is -0.926. The molecule has 0 N–H and O–H groups in total. The van der Waals surface area contributed by atoms with E-state index in [0.29, 0.717) is 36.4 Å². The zero-order valence-corrected chi connectivity index (χ0v) is 16.4. The summed E-state index contributed by atoms with van der Waals surface area (Å²) in [5, 5.41) is 0. The van der Waals surface area contributed by atoms with Crippen molar-refractivity contribution in [2.45, 2.75) is 38.6 Å². The van der Waals surface area contributed by atoms with E-state index >= 15 is 0 Å². The molecule has 0 radical (unpaired) electrons. The second kappa shape index (κ2) is 9.87. The Balaban J connectivity index is 2.02. The fourth-order valence-corrected chi connectivity index (χ4v) is 3.21. The third-order valence-electron chi connectivity index (χ3n) is 4.63. The van der Waals surface area contributed by atoms with Crippen molar-refractivity contribution >= 4 is 23.4 Å². The molecule has 8 nitrogen and oxygen atoms in total. The minimum Gasteiger partial charge on any atom is -0.497 e. The van der Waals surface area contributed by atoms with Crippen molar-refractivity contribution in [3.8, 4) is 11.5 Å². The first-order chi connectivity index (χ1) is 13.4. The number of rotatable bonds is 9. The lowest BCUT2D eigenvalue weighted by atomic mass is 10.0. The van der Waals surface area contributed by atoms with Crippen LogP contribution in [-0.4, -0.2) is 61.8 Å². The Labute approximate surface area is 163 Å². The summed E-state index contributed by atoms with van der Waals surface area (Å²) in [6.07, 6.45) is 0.936. The molecule has 1 aliphatic heterocycles. The predicted molar refractivity (Wildman–Crippen MR) is 99.5 cm³/mol. The quantitative estimate of drug-likeness (QED) is 0.359. The van der Waals surface area contributed by atoms with Gasteiger partial charge in [0.1, 0.15) is 17.5 Å². The number of esters is 1. The first-order valence-corrected chi connectivity index (χ1v) is 9.18. The first-order valence-electron chi connectivity index (χ1n) is 9.18. The van der Waals surface area contributed by atoms with Gasteiger partial charge in [-0.15, -0.1) is 0 Å². The van der Waals surface area contributed by atoms with Gasteiger partial charge in [-0.05, 0) is 38.0 Å². The molecule has 1 atom stereocenters. The highest BCUT2D eigenvalue weighted by Crippen LogP contribution is 2.26. The molecule has 0 aliphatic carbocycles. The number of benzene rings is 1. The highest BCUT2D eigenvalue weighted by molar-refractivity contribution is 6.36. The molecule has 1 fully saturated rings. The molecule has 1 amide bonds. The fraction of sp³-hybridized carbons (Fsp3) is 0.500. The second-order valence-electron chi connectivity index (χ2n) is 6.32. The number of ketones is 2. The van der Waals surface area contributed by atoms with Crippen LogP contribution in [0, 0.1) is 0 Å². The van der Waals surface area contributed by atoms with Crippen LogP contribution < -0.4 is 9.47 Å². The van der Waals surface area contributed by atoms with Crippen LogP contribution in [-0.2, 0) is 19.1 Å². The van der Waals surface area contributed by atoms with E-state index in [0.717, 1.165) is 0 Å². The number of hydrogen-bond acceptors (Lipinski definition) is 7. The van der Waals surface area contributed by atoms with E-state index in [1.165, 1.54) is 19.1 Å². The molecule has 2 rings (SSSR count). The summed E-state index contributed by atoms with van der Waals surface area (Å²) in [6.45, 7) is 2.09. The maximum Gasteiger partial charge on any atom is 0.376 e. The van der Waals surface area contributed by atoms with E-state index in [1.807, 2.05) is 0 Å². The van der Waals surface area contributed by atoms with Gasteiger partial charge in [0, 0.05) is 19.4 Å². The Morgan fingerprint density at radius 3 is 2.50 bits per heavy atom. The standard InChI is InChI=1S/C20H25NO7/c1-4-28-20(25)19(24)15-6-5-11-21(15)18(23)10-8-16(22)14-12-13(26-2)7-9-17(14)27-3/h7,9,12,15H,4-6,8,10-11H2,1-3H3/t15-/m0/s1. The highest BCUT2D eigenvalue weighted by atomic mass is 16.5. The Morgan fingerprint density at radius 1 is 1.11 bits per heavy atom. The van der Waals surface area contributed by atoms with Gasteiger partial charge in [-0.25, -0.2) is 4.79 Å². The molecule has 1 heterocycles. The molecule has 1 saturated heterocycles. The molecule has 0 aromatic heterocycles. The van der Waals surface area contributed by atoms with Gasteiger partial charge in [0.25, 0.3) is 5.78 Å². The molecule has 152 valence electrons. The normalized spacial score (nSPS) is 15.8. The third kappa shape index (κ3) is 4.88. The number of likely N-dealkylation sites (tertiary alicyclic amines) is 1. The lowest BCUT2D eigenvalue weighted by Crippen LogP contribution is -2.43. The Kier molecular flexibility index (Phi) is 7.54. The molecular formula is C20H25NO7. The number of Topliss-reactive ketones (excluding diaryl/α,β-unsaturated/α-hetero) is 2. The average Bonchev–Trinajstić information content (AvgIpc) is 3.20. The van der Waals surface area contributed by atoms with Crippen LogP contribution in [0.2, 0.25) is 0 Å². The van der Waals surface area contributed by atoms with Crippen molar-refractivity contribution < 1.29 is 33.4 Å². The van der Waals surface area contributed by atoms with Crippen LogP contribution in [0.15, 0.2) is 18.2 Å². The monoisotopic (exact) mass is 391 g/mol. The molecule has 1 aromatic carbocycles. The van der Waals surface area contributed by atoms with Crippen molar-refractivity contribution in [3.05, 3.63) is 23.8 Å². The van der Waals surface area contributed by atoms with Crippen LogP contribution in [0.5, 0.6) is 11.5 Å². The summed E-state index contributed by atoms with van der Waals surface area (Å²) < 4.78 is 15.1. The molecule has 0 unspecified atom stereocenters. The van der Waals surface area contributed by atoms with Gasteiger partial charge >= 0.3 is 5.97 Å². The molecular weight excluding hydrogens is 366 g/mol. The van der Waals surface area contributed by atoms with Crippen molar-refractivity contribution in [1.29, 1.82) is 0 Å². The molecule has 1 aliphatic rings. The van der Waals surface area contributed by atoms with Crippen molar-refractivity contribution in [2.24, 2.45) is 0 Å². The van der Waals surface area contributed by atoms with Crippen LogP contribution >= 0.6 is 0 Å². The molecule has 1 aromatic rings. The van der Waals surface area contributed by atoms with Crippen LogP contribution in [0.3, 0.4) is 0 Å². The number of nitrogens with zero attached hydrogens (tertiary/aromatic N) is 1. The topological polar surface area (TPSA) is 99.2 Å². The zero-order valence-electron chi connectivity index (χ0n) is 16.4. The summed E-state index contributed by atoms with van der Waals surface area (Å²) >= 11 is 0. The Bertz CT molecular complexity index is 759. The molecule has 0 saturated carbocycles. The number of hydrogen-bond donors (Lipinski definition) is 0. The van der Waals surface area contributed by atoms with Crippen LogP contribution in [0.1, 0.15) is 43.0 Å². The smallest absolute Gasteiger partial charge is 0.376 e. The molecule has 0 spiro atoms. The van der Waals surface area contributed by atoms with Gasteiger partial charge in [-0.3, -0.25) is 14.4 Å². The van der Waals surface area contributed by atoms with Crippen molar-refractivity contribution in [1.82, 2.24) is 4.90 Å². The van der Waals surface area contributed by atoms with E-state index in [2.05, 4.69) is 0 Å². The SMILES string of the molecule is CCOC(=O)C(=O)[C@@H]1CCCN1C(=O)CCC(=O)c1cc(OC)ccc1OC. The predicted octanol–water partition coefficient (Wildman–Crippen LogP) is 1.79. The second-order valence-corrected chi connectivity index (χ2v) is 6.32. The number of carbonyl (C=O) groups excluding carboxylic acids is 4. The maximum atomic E-state index is 12.6. The van der Waals surface area contributed by atoms with Crippen molar-refractivity contribution in [2.75, 3.05) is 27.4 Å². The van der Waals surface area contributed by atoms with E-state index in [1.54, 1.807) is 25.1 Å². The van der Waals surface area contributed by atoms with Gasteiger partial charge in [0.15, 0.2) is 5.78 Å². The number of carbonyl (C=O) groups is 4. The molecule has 28 heavy (non-hydrogen) atoms. The van der Waals surface area contributed by atoms with E-state index in [4.69, 9.17) is 14.2 Å². The lowest BCUT2D eigenvalue weighted by Gasteiger charge is -2.22. The average molecular weight is 391 g/mol. The number of amides is 1. The third-order valence-corrected chi connectivity index (χ3v) is 4.63. The molecule has 8 heteroatoms. The summed E-state index contributed by atoms with van der Waals surface area (Å²) in [6, 6.07) is 4.06. The maximum absolute atomic E-state index is 12.6. The van der Waals surface area contributed by atoms with E-state index in [9.17, 15) is 19.2 Å². The molecule has 0 bridgehead atoms. The summed E-state index contributed by atoms with van der Waals surface area (Å²) in [5.41, 5.74) is 0.329. The number of ether oxygens (including phenoxy) is 3. The number of methoxy groups -OCH3 is 2. The van der Waals surface area contributed by atoms with Gasteiger partial charge < -0.3 is 19.1 Å².